The lowest BCUT2D eigenvalue weighted by Gasteiger charge is -2.39. The zero-order valence-electron chi connectivity index (χ0n) is 23.1. The summed E-state index contributed by atoms with van der Waals surface area (Å²) < 4.78 is 21.3. The summed E-state index contributed by atoms with van der Waals surface area (Å²) in [7, 11) is 1.40. The van der Waals surface area contributed by atoms with E-state index in [1.807, 2.05) is 18.2 Å². The van der Waals surface area contributed by atoms with Gasteiger partial charge in [-0.15, -0.1) is 0 Å². The zero-order chi connectivity index (χ0) is 29.7. The summed E-state index contributed by atoms with van der Waals surface area (Å²) in [4.78, 5) is 25.6. The van der Waals surface area contributed by atoms with Crippen LogP contribution in [0, 0.1) is 11.2 Å². The molecule has 5 rings (SSSR count). The van der Waals surface area contributed by atoms with Gasteiger partial charge in [-0.2, -0.15) is 0 Å². The van der Waals surface area contributed by atoms with E-state index in [0.717, 1.165) is 11.3 Å². The second-order valence-electron chi connectivity index (χ2n) is 11.9. The van der Waals surface area contributed by atoms with Gasteiger partial charge >= 0.3 is 5.97 Å². The Balaban J connectivity index is 1.66. The van der Waals surface area contributed by atoms with Gasteiger partial charge in [0.05, 0.1) is 29.4 Å². The smallest absolute Gasteiger partial charge is 0.335 e. The number of hydrogen-bond acceptors (Lipinski definition) is 5. The van der Waals surface area contributed by atoms with Crippen molar-refractivity contribution >= 4 is 46.5 Å². The lowest BCUT2D eigenvalue weighted by Crippen LogP contribution is -2.46. The van der Waals surface area contributed by atoms with Crippen LogP contribution >= 0.6 is 23.2 Å². The number of methoxy groups -OCH3 is 1. The fraction of sp³-hybridized carbons (Fsp3) is 0.355. The highest BCUT2D eigenvalue weighted by Crippen LogP contribution is 2.56. The Morgan fingerprint density at radius 3 is 2.59 bits per heavy atom. The molecular formula is C31H32Cl2FN3O4. The van der Waals surface area contributed by atoms with Crippen LogP contribution in [-0.2, 0) is 10.2 Å². The number of carbonyl (C=O) groups excluding carboxylic acids is 1. The van der Waals surface area contributed by atoms with E-state index in [9.17, 15) is 14.7 Å². The van der Waals surface area contributed by atoms with Crippen molar-refractivity contribution in [2.45, 2.75) is 50.6 Å². The van der Waals surface area contributed by atoms with Gasteiger partial charge in [-0.3, -0.25) is 4.79 Å². The Hall–Kier alpha value is -3.33. The van der Waals surface area contributed by atoms with Crippen molar-refractivity contribution in [1.29, 1.82) is 0 Å². The van der Waals surface area contributed by atoms with Crippen molar-refractivity contribution < 1.29 is 23.8 Å². The molecule has 1 unspecified atom stereocenters. The fourth-order valence-corrected chi connectivity index (χ4v) is 6.76. The molecule has 0 aromatic heterocycles. The summed E-state index contributed by atoms with van der Waals surface area (Å²) in [6.45, 7) is 6.84. The highest BCUT2D eigenvalue weighted by Gasteiger charge is 2.61. The highest BCUT2D eigenvalue weighted by atomic mass is 35.5. The first-order valence-corrected chi connectivity index (χ1v) is 14.1. The average Bonchev–Trinajstić information content (AvgIpc) is 3.43. The summed E-state index contributed by atoms with van der Waals surface area (Å²) in [5.74, 6) is -2.55. The minimum absolute atomic E-state index is 0.0224. The Bertz CT molecular complexity index is 1530. The van der Waals surface area contributed by atoms with Crippen LogP contribution in [0.3, 0.4) is 0 Å². The number of carboxylic acid groups (broad SMARTS) is 1. The molecular weight excluding hydrogens is 568 g/mol. The fourth-order valence-electron chi connectivity index (χ4n) is 6.41. The third-order valence-electron chi connectivity index (χ3n) is 8.07. The first-order chi connectivity index (χ1) is 19.4. The van der Waals surface area contributed by atoms with E-state index >= 15 is 4.39 Å². The minimum atomic E-state index is -1.12. The molecule has 1 amide bonds. The van der Waals surface area contributed by atoms with Crippen molar-refractivity contribution in [3.05, 3.63) is 87.2 Å². The molecule has 1 saturated heterocycles. The van der Waals surface area contributed by atoms with Gasteiger partial charge in [-0.25, -0.2) is 9.18 Å². The van der Waals surface area contributed by atoms with Crippen LogP contribution in [0.4, 0.5) is 15.8 Å². The third kappa shape index (κ3) is 5.25. The SMILES string of the molecule is COc1cc(C(=O)O)ccc1NC(=O)[C@@H]1NC(CC(C)(C)C)[C@@]2(CNc3cc(Cl)ccc32)[C@H]1c1cccc(Cl)c1F. The molecule has 4 N–H and O–H groups in total. The maximum absolute atomic E-state index is 15.9. The first kappa shape index (κ1) is 29.2. The number of anilines is 2. The van der Waals surface area contributed by atoms with Gasteiger partial charge in [0.2, 0.25) is 5.91 Å². The van der Waals surface area contributed by atoms with Crippen molar-refractivity contribution in [1.82, 2.24) is 5.32 Å². The van der Waals surface area contributed by atoms with Crippen LogP contribution in [0.5, 0.6) is 5.75 Å². The standard InChI is InChI=1S/C31H32Cl2FN3O4/c1-30(2,3)14-24-31(15-35-22-13-17(32)9-10-19(22)31)25(18-6-5-7-20(33)26(18)34)27(37-24)28(38)36-21-11-8-16(29(39)40)12-23(21)41-4/h5-13,24-25,27,35,37H,14-15H2,1-4H3,(H,36,38)(H,39,40)/t24?,25-,27+,31-/m0/s1. The molecule has 0 radical (unpaired) electrons. The highest BCUT2D eigenvalue weighted by molar-refractivity contribution is 6.31. The number of halogens is 3. The number of carboxylic acids is 1. The summed E-state index contributed by atoms with van der Waals surface area (Å²) in [5.41, 5.74) is 1.61. The molecule has 2 aliphatic rings. The number of hydrogen-bond donors (Lipinski definition) is 4. The summed E-state index contributed by atoms with van der Waals surface area (Å²) in [5, 5.41) is 19.9. The van der Waals surface area contributed by atoms with Crippen molar-refractivity contribution in [3.63, 3.8) is 0 Å². The normalized spacial score (nSPS) is 23.2. The minimum Gasteiger partial charge on any atom is -0.495 e. The van der Waals surface area contributed by atoms with E-state index in [-0.39, 0.29) is 27.8 Å². The van der Waals surface area contributed by atoms with E-state index in [0.29, 0.717) is 29.2 Å². The molecule has 3 aromatic carbocycles. The zero-order valence-corrected chi connectivity index (χ0v) is 24.7. The Labute approximate surface area is 248 Å². The number of aromatic carboxylic acids is 1. The van der Waals surface area contributed by atoms with Gasteiger partial charge in [0.15, 0.2) is 0 Å². The van der Waals surface area contributed by atoms with Crippen molar-refractivity contribution in [2.24, 2.45) is 5.41 Å². The predicted octanol–water partition coefficient (Wildman–Crippen LogP) is 6.70. The Morgan fingerprint density at radius 2 is 1.90 bits per heavy atom. The van der Waals surface area contributed by atoms with Gasteiger partial charge in [0.25, 0.3) is 0 Å². The molecule has 1 fully saturated rings. The number of rotatable bonds is 6. The molecule has 3 aromatic rings. The van der Waals surface area contributed by atoms with Gasteiger partial charge in [-0.1, -0.05) is 62.2 Å². The number of carbonyl (C=O) groups is 2. The molecule has 216 valence electrons. The van der Waals surface area contributed by atoms with E-state index < -0.39 is 35.1 Å². The lowest BCUT2D eigenvalue weighted by molar-refractivity contribution is -0.118. The predicted molar refractivity (Wildman–Crippen MR) is 159 cm³/mol. The van der Waals surface area contributed by atoms with Crippen LogP contribution in [0.1, 0.15) is 54.6 Å². The van der Waals surface area contributed by atoms with Crippen LogP contribution in [0.25, 0.3) is 0 Å². The largest absolute Gasteiger partial charge is 0.495 e. The van der Waals surface area contributed by atoms with Gasteiger partial charge in [-0.05, 0) is 59.4 Å². The van der Waals surface area contributed by atoms with Gasteiger partial charge in [0.1, 0.15) is 11.6 Å². The molecule has 4 atom stereocenters. The van der Waals surface area contributed by atoms with Crippen molar-refractivity contribution in [3.8, 4) is 5.75 Å². The van der Waals surface area contributed by atoms with E-state index in [2.05, 4.69) is 36.7 Å². The first-order valence-electron chi connectivity index (χ1n) is 13.3. The maximum Gasteiger partial charge on any atom is 0.335 e. The Morgan fingerprint density at radius 1 is 1.15 bits per heavy atom. The number of fused-ring (bicyclic) bond motifs is 2. The Kier molecular flexibility index (Phi) is 7.70. The monoisotopic (exact) mass is 599 g/mol. The van der Waals surface area contributed by atoms with Crippen LogP contribution in [-0.4, -0.2) is 42.7 Å². The summed E-state index contributed by atoms with van der Waals surface area (Å²) in [6, 6.07) is 13.6. The molecule has 0 bridgehead atoms. The summed E-state index contributed by atoms with van der Waals surface area (Å²) in [6.07, 6.45) is 0.690. The molecule has 2 heterocycles. The molecule has 1 spiro atoms. The molecule has 7 nitrogen and oxygen atoms in total. The van der Waals surface area contributed by atoms with Gasteiger partial charge in [0, 0.05) is 34.6 Å². The number of nitrogens with one attached hydrogen (secondary N) is 3. The van der Waals surface area contributed by atoms with Crippen LogP contribution < -0.4 is 20.7 Å². The molecule has 10 heteroatoms. The lowest BCUT2D eigenvalue weighted by atomic mass is 9.63. The molecule has 41 heavy (non-hydrogen) atoms. The van der Waals surface area contributed by atoms with Crippen LogP contribution in [0.2, 0.25) is 10.0 Å². The quantitative estimate of drug-likeness (QED) is 0.251. The second-order valence-corrected chi connectivity index (χ2v) is 12.7. The average molecular weight is 601 g/mol. The maximum atomic E-state index is 15.9. The number of amides is 1. The topological polar surface area (TPSA) is 99.7 Å². The number of benzene rings is 3. The van der Waals surface area contributed by atoms with E-state index in [1.165, 1.54) is 31.4 Å². The van der Waals surface area contributed by atoms with Crippen molar-refractivity contribution in [2.75, 3.05) is 24.3 Å². The molecule has 0 aliphatic carbocycles. The molecule has 0 saturated carbocycles. The van der Waals surface area contributed by atoms with E-state index in [1.54, 1.807) is 12.1 Å². The number of ether oxygens (including phenoxy) is 1. The van der Waals surface area contributed by atoms with E-state index in [4.69, 9.17) is 27.9 Å². The second kappa shape index (κ2) is 10.8. The molecule has 2 aliphatic heterocycles. The third-order valence-corrected chi connectivity index (χ3v) is 8.59. The van der Waals surface area contributed by atoms with Crippen LogP contribution in [0.15, 0.2) is 54.6 Å². The summed E-state index contributed by atoms with van der Waals surface area (Å²) >= 11 is 12.6. The van der Waals surface area contributed by atoms with Gasteiger partial charge < -0.3 is 25.8 Å².